The van der Waals surface area contributed by atoms with Gasteiger partial charge in [0.1, 0.15) is 10.6 Å². The lowest BCUT2D eigenvalue weighted by Crippen LogP contribution is -2.13. The quantitative estimate of drug-likeness (QED) is 0.0909. The van der Waals surface area contributed by atoms with Gasteiger partial charge in [0.25, 0.3) is 26.1 Å². The third-order valence-electron chi connectivity index (χ3n) is 6.71. The number of halogens is 2. The van der Waals surface area contributed by atoms with Crippen LogP contribution in [0.25, 0.3) is 27.5 Å². The second-order valence-electron chi connectivity index (χ2n) is 9.77. The van der Waals surface area contributed by atoms with Gasteiger partial charge in [-0.2, -0.15) is 21.9 Å². The van der Waals surface area contributed by atoms with E-state index >= 15 is 0 Å². The van der Waals surface area contributed by atoms with Gasteiger partial charge in [-0.1, -0.05) is 41.4 Å². The molecular weight excluding hydrogens is 701 g/mol. The van der Waals surface area contributed by atoms with Crippen LogP contribution in [0, 0.1) is 0 Å². The highest BCUT2D eigenvalue weighted by atomic mass is 35.5. The topological polar surface area (TPSA) is 249 Å². The van der Waals surface area contributed by atoms with Gasteiger partial charge in [-0.15, -0.1) is 10.2 Å². The van der Waals surface area contributed by atoms with Crippen LogP contribution in [0.2, 0.25) is 10.0 Å². The Labute approximate surface area is 272 Å². The first-order valence-electron chi connectivity index (χ1n) is 12.8. The van der Waals surface area contributed by atoms with Gasteiger partial charge in [0.15, 0.2) is 11.4 Å². The number of aromatic amines is 2. The van der Waals surface area contributed by atoms with Crippen molar-refractivity contribution in [2.24, 2.45) is 10.2 Å². The van der Waals surface area contributed by atoms with Gasteiger partial charge in [-0.05, 0) is 53.9 Å². The molecule has 2 aromatic heterocycles. The minimum atomic E-state index is -4.73. The molecule has 1 amide bonds. The zero-order chi connectivity index (χ0) is 33.8. The highest BCUT2D eigenvalue weighted by molar-refractivity contribution is 7.86. The van der Waals surface area contributed by atoms with Gasteiger partial charge >= 0.3 is 5.69 Å². The fourth-order valence-electron chi connectivity index (χ4n) is 4.60. The fraction of sp³-hybridized carbons (Fsp3) is 0. The van der Waals surface area contributed by atoms with Crippen molar-refractivity contribution in [1.82, 2.24) is 19.7 Å². The molecule has 6 N–H and O–H groups in total. The van der Waals surface area contributed by atoms with Gasteiger partial charge in [0.05, 0.1) is 31.7 Å². The Bertz CT molecular complexity index is 2600. The number of H-pyrrole nitrogens is 2. The monoisotopic (exact) mass is 717 g/mol. The summed E-state index contributed by atoms with van der Waals surface area (Å²) in [6.45, 7) is 0. The lowest BCUT2D eigenvalue weighted by atomic mass is 10.1. The Balaban J connectivity index is 1.49. The van der Waals surface area contributed by atoms with Crippen LogP contribution in [0.1, 0.15) is 10.5 Å². The lowest BCUT2D eigenvalue weighted by Gasteiger charge is -2.09. The second-order valence-corrected chi connectivity index (χ2v) is 13.4. The minimum Gasteiger partial charge on any atom is -0.502 e. The number of carbonyl (C=O) groups excluding carboxylic acids is 1. The summed E-state index contributed by atoms with van der Waals surface area (Å²) in [6.07, 6.45) is 0. The summed E-state index contributed by atoms with van der Waals surface area (Å²) in [5.74, 6) is -2.08. The van der Waals surface area contributed by atoms with E-state index in [-0.39, 0.29) is 27.0 Å². The molecule has 0 radical (unpaired) electrons. The molecule has 2 heterocycles. The highest BCUT2D eigenvalue weighted by Gasteiger charge is 2.26. The Morgan fingerprint density at radius 2 is 1.62 bits per heavy atom. The fourth-order valence-corrected chi connectivity index (χ4v) is 6.40. The predicted octanol–water partition coefficient (Wildman–Crippen LogP) is 5.37. The number of nitrogens with zero attached hydrogens (tertiary/aromatic N) is 4. The summed E-state index contributed by atoms with van der Waals surface area (Å²) in [4.78, 5) is 29.1. The second kappa shape index (κ2) is 11.6. The van der Waals surface area contributed by atoms with E-state index in [4.69, 9.17) is 23.2 Å². The first-order chi connectivity index (χ1) is 22.1. The third kappa shape index (κ3) is 6.20. The van der Waals surface area contributed by atoms with Crippen molar-refractivity contribution < 1.29 is 35.8 Å². The smallest absolute Gasteiger partial charge is 0.323 e. The molecule has 240 valence electrons. The number of fused-ring (bicyclic) bond motifs is 2. The number of nitrogens with one attached hydrogen (secondary N) is 3. The Kier molecular flexibility index (Phi) is 7.86. The molecule has 0 aliphatic heterocycles. The van der Waals surface area contributed by atoms with Crippen LogP contribution >= 0.6 is 23.2 Å². The van der Waals surface area contributed by atoms with Gasteiger partial charge < -0.3 is 20.4 Å². The summed E-state index contributed by atoms with van der Waals surface area (Å²) >= 11 is 12.2. The number of anilines is 1. The first kappa shape index (κ1) is 31.9. The molecule has 16 nitrogen and oxygen atoms in total. The van der Waals surface area contributed by atoms with E-state index < -0.39 is 59.0 Å². The van der Waals surface area contributed by atoms with Gasteiger partial charge in [0, 0.05) is 11.1 Å². The van der Waals surface area contributed by atoms with E-state index in [1.54, 1.807) is 12.1 Å². The average molecular weight is 719 g/mol. The van der Waals surface area contributed by atoms with Crippen LogP contribution < -0.4 is 11.0 Å². The van der Waals surface area contributed by atoms with E-state index in [0.717, 1.165) is 22.9 Å². The average Bonchev–Trinajstić information content (AvgIpc) is 3.53. The number of aromatic nitrogens is 4. The zero-order valence-electron chi connectivity index (χ0n) is 23.0. The van der Waals surface area contributed by atoms with E-state index in [2.05, 4.69) is 30.6 Å². The number of imidazole rings is 1. The Morgan fingerprint density at radius 1 is 0.872 bits per heavy atom. The van der Waals surface area contributed by atoms with E-state index in [0.29, 0.717) is 21.8 Å². The Hall–Kier alpha value is -5.11. The molecule has 4 aromatic carbocycles. The standard InChI is InChI=1S/C27H17Cl2N7O9S2/c28-16-11-22(47(43,44)45)17(29)10-19(16)33-34-25-24(37)23(26(38)30-13-4-7-18-20(9-13)32-27(39)31-18)35-36(25)21-3-1-2-12-8-14(46(40,41)42)5-6-15(12)21/h1-11,37H,(H,30,38)(H2,31,32,39)(H,40,41,42)(H,43,44,45). The molecule has 20 heteroatoms. The molecule has 6 rings (SSSR count). The summed E-state index contributed by atoms with van der Waals surface area (Å²) in [7, 11) is -9.27. The highest BCUT2D eigenvalue weighted by Crippen LogP contribution is 2.39. The van der Waals surface area contributed by atoms with Crippen LogP contribution in [0.5, 0.6) is 5.75 Å². The van der Waals surface area contributed by atoms with Crippen molar-refractivity contribution in [3.8, 4) is 11.4 Å². The van der Waals surface area contributed by atoms with Crippen LogP contribution in [0.3, 0.4) is 0 Å². The van der Waals surface area contributed by atoms with Crippen LogP contribution in [-0.2, 0) is 20.2 Å². The molecule has 0 aliphatic carbocycles. The van der Waals surface area contributed by atoms with Crippen molar-refractivity contribution in [2.45, 2.75) is 9.79 Å². The minimum absolute atomic E-state index is 0.185. The SMILES string of the molecule is O=C(Nc1ccc2[nH]c(=O)[nH]c2c1)c1nn(-c2cccc3cc(S(=O)(=O)O)ccc23)c(N=Nc2cc(Cl)c(S(=O)(=O)O)cc2Cl)c1O. The molecule has 0 unspecified atom stereocenters. The number of amides is 1. The lowest BCUT2D eigenvalue weighted by molar-refractivity contribution is 0.101. The van der Waals surface area contributed by atoms with Crippen molar-refractivity contribution in [3.05, 3.63) is 93.0 Å². The molecule has 6 aromatic rings. The van der Waals surface area contributed by atoms with Crippen molar-refractivity contribution in [3.63, 3.8) is 0 Å². The largest absolute Gasteiger partial charge is 0.502 e. The van der Waals surface area contributed by atoms with Crippen LogP contribution in [-0.4, -0.2) is 56.7 Å². The number of benzene rings is 4. The molecule has 47 heavy (non-hydrogen) atoms. The maximum Gasteiger partial charge on any atom is 0.323 e. The first-order valence-corrected chi connectivity index (χ1v) is 16.5. The Morgan fingerprint density at radius 3 is 2.34 bits per heavy atom. The number of carbonyl (C=O) groups is 1. The van der Waals surface area contributed by atoms with E-state index in [1.807, 2.05) is 0 Å². The van der Waals surface area contributed by atoms with Gasteiger partial charge in [-0.25, -0.2) is 9.48 Å². The summed E-state index contributed by atoms with van der Waals surface area (Å²) in [5.41, 5.74) is 0.128. The van der Waals surface area contributed by atoms with Crippen LogP contribution in [0.4, 0.5) is 17.2 Å². The summed E-state index contributed by atoms with van der Waals surface area (Å²) in [6, 6.07) is 14.6. The zero-order valence-corrected chi connectivity index (χ0v) is 26.1. The van der Waals surface area contributed by atoms with Crippen LogP contribution in [0.15, 0.2) is 91.5 Å². The van der Waals surface area contributed by atoms with Gasteiger partial charge in [-0.3, -0.25) is 13.9 Å². The maximum atomic E-state index is 13.4. The molecule has 0 aliphatic rings. The van der Waals surface area contributed by atoms with E-state index in [9.17, 15) is 40.6 Å². The summed E-state index contributed by atoms with van der Waals surface area (Å²) in [5, 5.41) is 26.0. The summed E-state index contributed by atoms with van der Waals surface area (Å²) < 4.78 is 66.6. The number of rotatable bonds is 7. The number of aromatic hydroxyl groups is 1. The molecule has 0 fully saturated rings. The van der Waals surface area contributed by atoms with Crippen molar-refractivity contribution in [2.75, 3.05) is 5.32 Å². The molecule has 0 bridgehead atoms. The normalized spacial score (nSPS) is 12.3. The van der Waals surface area contributed by atoms with Crippen molar-refractivity contribution in [1.29, 1.82) is 0 Å². The van der Waals surface area contributed by atoms with Crippen molar-refractivity contribution >= 4 is 88.3 Å². The molecular formula is C27H17Cl2N7O9S2. The molecule has 0 atom stereocenters. The third-order valence-corrected chi connectivity index (χ3v) is 9.18. The number of hydrogen-bond acceptors (Lipinski definition) is 10. The van der Waals surface area contributed by atoms with E-state index in [1.165, 1.54) is 36.4 Å². The predicted molar refractivity (Wildman–Crippen MR) is 170 cm³/mol. The number of azo groups is 1. The molecule has 0 saturated carbocycles. The molecule has 0 spiro atoms. The molecule has 0 saturated heterocycles. The number of hydrogen-bond donors (Lipinski definition) is 6. The maximum absolute atomic E-state index is 13.4. The van der Waals surface area contributed by atoms with Gasteiger partial charge in [0.2, 0.25) is 5.82 Å².